The van der Waals surface area contributed by atoms with Crippen LogP contribution in [0, 0.1) is 12.8 Å². The molecule has 29 heavy (non-hydrogen) atoms. The minimum Gasteiger partial charge on any atom is -0.384 e. The van der Waals surface area contributed by atoms with Crippen LogP contribution in [0.2, 0.25) is 0 Å². The van der Waals surface area contributed by atoms with Gasteiger partial charge in [0.05, 0.1) is 13.2 Å². The Morgan fingerprint density at radius 3 is 2.28 bits per heavy atom. The molecule has 1 saturated carbocycles. The maximum absolute atomic E-state index is 12.6. The van der Waals surface area contributed by atoms with Gasteiger partial charge < -0.3 is 9.84 Å². The molecule has 0 bridgehead atoms. The molecule has 4 rings (SSSR count). The van der Waals surface area contributed by atoms with Crippen LogP contribution in [0.4, 0.5) is 0 Å². The molecule has 1 aliphatic heterocycles. The van der Waals surface area contributed by atoms with Crippen molar-refractivity contribution in [3.05, 3.63) is 71.3 Å². The van der Waals surface area contributed by atoms with E-state index in [9.17, 15) is 5.11 Å². The highest BCUT2D eigenvalue weighted by Gasteiger charge is 2.46. The van der Waals surface area contributed by atoms with E-state index in [1.807, 2.05) is 0 Å². The molecule has 1 aliphatic carbocycles. The molecule has 0 unspecified atom stereocenters. The molecule has 0 aromatic heterocycles. The second-order valence-electron chi connectivity index (χ2n) is 8.90. The molecule has 0 amide bonds. The highest BCUT2D eigenvalue weighted by Crippen LogP contribution is 2.48. The number of benzene rings is 2. The number of ether oxygens (including phenoxy) is 1. The van der Waals surface area contributed by atoms with Crippen molar-refractivity contribution in [3.63, 3.8) is 0 Å². The van der Waals surface area contributed by atoms with Crippen LogP contribution in [-0.2, 0) is 10.3 Å². The molecule has 2 atom stereocenters. The van der Waals surface area contributed by atoms with E-state index in [-0.39, 0.29) is 5.92 Å². The van der Waals surface area contributed by atoms with Gasteiger partial charge in [0, 0.05) is 25.6 Å². The standard InChI is InChI=1S/C26H35NO2/c1-21-12-14-24(15-13-21)26(28,23-10-6-3-7-11-23)25(22-8-4-2-5-9-22)20-27-16-18-29-19-17-27/h2,4-5,8-9,12-15,23,25,28H,3,6-7,10-11,16-20H2,1H3/t25-,26-/m1/s1. The first kappa shape index (κ1) is 20.6. The van der Waals surface area contributed by atoms with Crippen LogP contribution in [0.3, 0.4) is 0 Å². The van der Waals surface area contributed by atoms with Gasteiger partial charge in [0.15, 0.2) is 0 Å². The van der Waals surface area contributed by atoms with Crippen molar-refractivity contribution in [2.45, 2.75) is 50.5 Å². The summed E-state index contributed by atoms with van der Waals surface area (Å²) in [5, 5.41) is 12.6. The van der Waals surface area contributed by atoms with E-state index < -0.39 is 5.60 Å². The summed E-state index contributed by atoms with van der Waals surface area (Å²) >= 11 is 0. The number of aryl methyl sites for hydroxylation is 1. The van der Waals surface area contributed by atoms with Crippen LogP contribution in [0.25, 0.3) is 0 Å². The Kier molecular flexibility index (Phi) is 6.69. The lowest BCUT2D eigenvalue weighted by Gasteiger charge is -2.46. The van der Waals surface area contributed by atoms with Crippen LogP contribution in [0.15, 0.2) is 54.6 Å². The monoisotopic (exact) mass is 393 g/mol. The molecule has 0 spiro atoms. The zero-order valence-corrected chi connectivity index (χ0v) is 17.7. The highest BCUT2D eigenvalue weighted by molar-refractivity contribution is 5.34. The first-order valence-corrected chi connectivity index (χ1v) is 11.3. The van der Waals surface area contributed by atoms with Gasteiger partial charge in [0.2, 0.25) is 0 Å². The van der Waals surface area contributed by atoms with E-state index in [1.54, 1.807) is 0 Å². The first-order valence-electron chi connectivity index (χ1n) is 11.3. The largest absolute Gasteiger partial charge is 0.384 e. The minimum absolute atomic E-state index is 0.0487. The number of rotatable bonds is 6. The van der Waals surface area contributed by atoms with E-state index >= 15 is 0 Å². The average molecular weight is 394 g/mol. The summed E-state index contributed by atoms with van der Waals surface area (Å²) in [4.78, 5) is 2.48. The molecule has 1 N–H and O–H groups in total. The number of aliphatic hydroxyl groups is 1. The molecule has 3 heteroatoms. The maximum Gasteiger partial charge on any atom is 0.100 e. The summed E-state index contributed by atoms with van der Waals surface area (Å²) in [6.07, 6.45) is 5.95. The van der Waals surface area contributed by atoms with Gasteiger partial charge in [-0.15, -0.1) is 0 Å². The van der Waals surface area contributed by atoms with Crippen LogP contribution in [0.5, 0.6) is 0 Å². The molecular weight excluding hydrogens is 358 g/mol. The van der Waals surface area contributed by atoms with Crippen molar-refractivity contribution in [2.24, 2.45) is 5.92 Å². The van der Waals surface area contributed by atoms with Gasteiger partial charge in [-0.05, 0) is 36.8 Å². The summed E-state index contributed by atoms with van der Waals surface area (Å²) < 4.78 is 5.58. The van der Waals surface area contributed by atoms with Crippen molar-refractivity contribution in [3.8, 4) is 0 Å². The lowest BCUT2D eigenvalue weighted by molar-refractivity contribution is -0.0758. The van der Waals surface area contributed by atoms with Gasteiger partial charge in [0.25, 0.3) is 0 Å². The normalized spacial score (nSPS) is 22.1. The Labute approximate surface area is 175 Å². The fourth-order valence-electron chi connectivity index (χ4n) is 5.31. The molecule has 1 saturated heterocycles. The summed E-state index contributed by atoms with van der Waals surface area (Å²) in [5.74, 6) is 0.345. The molecular formula is C26H35NO2. The van der Waals surface area contributed by atoms with Gasteiger partial charge in [-0.2, -0.15) is 0 Å². The molecule has 0 radical (unpaired) electrons. The Balaban J connectivity index is 1.76. The second-order valence-corrected chi connectivity index (χ2v) is 8.90. The number of hydrogen-bond donors (Lipinski definition) is 1. The Bertz CT molecular complexity index is 748. The molecule has 156 valence electrons. The van der Waals surface area contributed by atoms with Gasteiger partial charge in [-0.25, -0.2) is 0 Å². The van der Waals surface area contributed by atoms with Crippen LogP contribution >= 0.6 is 0 Å². The Morgan fingerprint density at radius 1 is 0.966 bits per heavy atom. The number of nitrogens with zero attached hydrogens (tertiary/aromatic N) is 1. The third-order valence-electron chi connectivity index (χ3n) is 7.02. The average Bonchev–Trinajstić information content (AvgIpc) is 2.79. The van der Waals surface area contributed by atoms with Gasteiger partial charge in [-0.3, -0.25) is 4.90 Å². The van der Waals surface area contributed by atoms with Crippen LogP contribution < -0.4 is 0 Å². The van der Waals surface area contributed by atoms with Crippen molar-refractivity contribution in [2.75, 3.05) is 32.8 Å². The molecule has 2 aromatic rings. The molecule has 3 nitrogen and oxygen atoms in total. The van der Waals surface area contributed by atoms with Crippen LogP contribution in [0.1, 0.15) is 54.7 Å². The van der Waals surface area contributed by atoms with E-state index in [0.717, 1.165) is 51.3 Å². The van der Waals surface area contributed by atoms with Gasteiger partial charge >= 0.3 is 0 Å². The number of morpholine rings is 1. The lowest BCUT2D eigenvalue weighted by atomic mass is 9.65. The topological polar surface area (TPSA) is 32.7 Å². The SMILES string of the molecule is Cc1ccc([C@](O)(C2CCCCC2)[C@H](CN2CCOCC2)c2ccccc2)cc1. The molecule has 1 heterocycles. The van der Waals surface area contributed by atoms with Gasteiger partial charge in [-0.1, -0.05) is 79.4 Å². The minimum atomic E-state index is -0.853. The van der Waals surface area contributed by atoms with Crippen molar-refractivity contribution >= 4 is 0 Å². The molecule has 2 fully saturated rings. The summed E-state index contributed by atoms with van der Waals surface area (Å²) in [6.45, 7) is 6.44. The van der Waals surface area contributed by atoms with E-state index in [2.05, 4.69) is 66.4 Å². The smallest absolute Gasteiger partial charge is 0.100 e. The lowest BCUT2D eigenvalue weighted by Crippen LogP contribution is -2.48. The number of hydrogen-bond acceptors (Lipinski definition) is 3. The predicted octanol–water partition coefficient (Wildman–Crippen LogP) is 4.88. The van der Waals surface area contributed by atoms with Gasteiger partial charge in [0.1, 0.15) is 5.60 Å². The van der Waals surface area contributed by atoms with Crippen molar-refractivity contribution < 1.29 is 9.84 Å². The maximum atomic E-state index is 12.6. The second kappa shape index (κ2) is 9.42. The fourth-order valence-corrected chi connectivity index (χ4v) is 5.31. The third kappa shape index (κ3) is 4.58. The van der Waals surface area contributed by atoms with Crippen molar-refractivity contribution in [1.82, 2.24) is 4.90 Å². The van der Waals surface area contributed by atoms with E-state index in [0.29, 0.717) is 5.92 Å². The first-order chi connectivity index (χ1) is 14.2. The van der Waals surface area contributed by atoms with E-state index in [1.165, 1.54) is 30.4 Å². The van der Waals surface area contributed by atoms with Crippen LogP contribution in [-0.4, -0.2) is 42.9 Å². The third-order valence-corrected chi connectivity index (χ3v) is 7.02. The predicted molar refractivity (Wildman–Crippen MR) is 118 cm³/mol. The molecule has 2 aromatic carbocycles. The summed E-state index contributed by atoms with van der Waals surface area (Å²) in [7, 11) is 0. The highest BCUT2D eigenvalue weighted by atomic mass is 16.5. The Hall–Kier alpha value is -1.68. The summed E-state index contributed by atoms with van der Waals surface area (Å²) in [5.41, 5.74) is 2.71. The van der Waals surface area contributed by atoms with E-state index in [4.69, 9.17) is 4.74 Å². The fraction of sp³-hybridized carbons (Fsp3) is 0.538. The zero-order valence-electron chi connectivity index (χ0n) is 17.7. The molecule has 2 aliphatic rings. The summed E-state index contributed by atoms with van der Waals surface area (Å²) in [6, 6.07) is 19.3. The zero-order chi connectivity index (χ0) is 20.1. The quantitative estimate of drug-likeness (QED) is 0.759. The van der Waals surface area contributed by atoms with Crippen molar-refractivity contribution in [1.29, 1.82) is 0 Å². The Morgan fingerprint density at radius 2 is 1.62 bits per heavy atom.